The Labute approximate surface area is 139 Å². The third-order valence-electron chi connectivity index (χ3n) is 4.98. The molecule has 0 radical (unpaired) electrons. The smallest absolute Gasteiger partial charge is 0.410 e. The number of amides is 1. The van der Waals surface area contributed by atoms with E-state index in [0.717, 1.165) is 32.0 Å². The summed E-state index contributed by atoms with van der Waals surface area (Å²) in [5, 5.41) is 13.8. The fourth-order valence-corrected chi connectivity index (χ4v) is 3.60. The maximum Gasteiger partial charge on any atom is 0.410 e. The van der Waals surface area contributed by atoms with Crippen LogP contribution in [0.15, 0.2) is 0 Å². The van der Waals surface area contributed by atoms with Crippen LogP contribution in [0.4, 0.5) is 4.79 Å². The lowest BCUT2D eigenvalue weighted by atomic mass is 10.0. The number of carbonyl (C=O) groups is 1. The molecule has 2 heterocycles. The van der Waals surface area contributed by atoms with Crippen molar-refractivity contribution in [1.82, 2.24) is 15.1 Å². The van der Waals surface area contributed by atoms with Crippen LogP contribution in [0.25, 0.3) is 0 Å². The van der Waals surface area contributed by atoms with Gasteiger partial charge < -0.3 is 25.0 Å². The normalized spacial score (nSPS) is 30.7. The molecule has 1 aliphatic carbocycles. The van der Waals surface area contributed by atoms with E-state index < -0.39 is 11.7 Å². The fourth-order valence-electron chi connectivity index (χ4n) is 3.60. The van der Waals surface area contributed by atoms with E-state index in [1.807, 2.05) is 20.8 Å². The van der Waals surface area contributed by atoms with Gasteiger partial charge in [-0.3, -0.25) is 0 Å². The van der Waals surface area contributed by atoms with Gasteiger partial charge in [0.05, 0.1) is 18.7 Å². The maximum absolute atomic E-state index is 12.1. The zero-order chi connectivity index (χ0) is 16.6. The van der Waals surface area contributed by atoms with Crippen molar-refractivity contribution in [2.24, 2.45) is 0 Å². The highest BCUT2D eigenvalue weighted by atomic mass is 16.6. The fraction of sp³-hybridized carbons (Fsp3) is 0.941. The first-order valence-electron chi connectivity index (χ1n) is 8.98. The third-order valence-corrected chi connectivity index (χ3v) is 4.98. The summed E-state index contributed by atoms with van der Waals surface area (Å²) in [7, 11) is 0. The monoisotopic (exact) mass is 325 g/mol. The highest BCUT2D eigenvalue weighted by Crippen LogP contribution is 2.29. The number of piperidine rings is 1. The quantitative estimate of drug-likeness (QED) is 0.816. The van der Waals surface area contributed by atoms with Crippen molar-refractivity contribution in [3.63, 3.8) is 0 Å². The Hall–Kier alpha value is -0.850. The first-order chi connectivity index (χ1) is 10.8. The van der Waals surface area contributed by atoms with Gasteiger partial charge in [-0.1, -0.05) is 0 Å². The molecule has 2 saturated heterocycles. The summed E-state index contributed by atoms with van der Waals surface area (Å²) in [6.07, 6.45) is 4.15. The highest BCUT2D eigenvalue weighted by molar-refractivity contribution is 5.68. The van der Waals surface area contributed by atoms with Crippen molar-refractivity contribution >= 4 is 6.09 Å². The molecule has 3 fully saturated rings. The van der Waals surface area contributed by atoms with Crippen molar-refractivity contribution in [2.75, 3.05) is 26.2 Å². The molecule has 23 heavy (non-hydrogen) atoms. The summed E-state index contributed by atoms with van der Waals surface area (Å²) in [6, 6.07) is 1.25. The molecule has 1 amide bonds. The number of likely N-dealkylation sites (tertiary alicyclic amines) is 2. The molecule has 3 rings (SSSR count). The summed E-state index contributed by atoms with van der Waals surface area (Å²) in [5.41, 5.74) is -0.497. The van der Waals surface area contributed by atoms with E-state index in [9.17, 15) is 9.90 Å². The van der Waals surface area contributed by atoms with E-state index in [0.29, 0.717) is 19.1 Å². The molecule has 6 nitrogen and oxygen atoms in total. The molecule has 0 aromatic rings. The second kappa shape index (κ2) is 6.57. The number of aliphatic hydroxyl groups is 1. The molecule has 2 atom stereocenters. The number of hydrogen-bond donors (Lipinski definition) is 2. The van der Waals surface area contributed by atoms with Gasteiger partial charge in [-0.2, -0.15) is 0 Å². The van der Waals surface area contributed by atoms with Crippen LogP contribution < -0.4 is 5.32 Å². The van der Waals surface area contributed by atoms with Gasteiger partial charge in [0.15, 0.2) is 0 Å². The van der Waals surface area contributed by atoms with Gasteiger partial charge in [0, 0.05) is 18.6 Å². The molecule has 0 aromatic carbocycles. The van der Waals surface area contributed by atoms with Crippen LogP contribution in [0.5, 0.6) is 0 Å². The minimum atomic E-state index is -0.510. The van der Waals surface area contributed by atoms with E-state index >= 15 is 0 Å². The number of ether oxygens (including phenoxy) is 1. The lowest BCUT2D eigenvalue weighted by molar-refractivity contribution is 0.0270. The summed E-state index contributed by atoms with van der Waals surface area (Å²) in [6.45, 7) is 8.77. The topological polar surface area (TPSA) is 65.0 Å². The average molecular weight is 325 g/mol. The molecule has 0 aromatic heterocycles. The van der Waals surface area contributed by atoms with Gasteiger partial charge in [0.1, 0.15) is 5.60 Å². The van der Waals surface area contributed by atoms with Gasteiger partial charge in [-0.15, -0.1) is 0 Å². The highest BCUT2D eigenvalue weighted by Gasteiger charge is 2.38. The van der Waals surface area contributed by atoms with Crippen molar-refractivity contribution in [2.45, 2.75) is 76.3 Å². The van der Waals surface area contributed by atoms with E-state index in [1.165, 1.54) is 12.8 Å². The van der Waals surface area contributed by atoms with Gasteiger partial charge >= 0.3 is 6.09 Å². The Bertz CT molecular complexity index is 425. The number of carbonyl (C=O) groups excluding carboxylic acids is 1. The molecule has 0 bridgehead atoms. The van der Waals surface area contributed by atoms with Gasteiger partial charge in [0.2, 0.25) is 0 Å². The van der Waals surface area contributed by atoms with Crippen molar-refractivity contribution in [3.05, 3.63) is 0 Å². The summed E-state index contributed by atoms with van der Waals surface area (Å²) in [5.74, 6) is 0. The number of aliphatic hydroxyl groups excluding tert-OH is 1. The minimum absolute atomic E-state index is 0.0417. The van der Waals surface area contributed by atoms with Crippen LogP contribution in [0.1, 0.15) is 46.5 Å². The molecule has 2 aliphatic heterocycles. The third kappa shape index (κ3) is 4.58. The van der Waals surface area contributed by atoms with Gasteiger partial charge in [0.25, 0.3) is 0 Å². The molecule has 0 spiro atoms. The lowest BCUT2D eigenvalue weighted by Gasteiger charge is -2.34. The van der Waals surface area contributed by atoms with Gasteiger partial charge in [-0.25, -0.2) is 4.79 Å². The molecular weight excluding hydrogens is 294 g/mol. The number of rotatable bonds is 3. The Morgan fingerprint density at radius 1 is 1.13 bits per heavy atom. The summed E-state index contributed by atoms with van der Waals surface area (Å²) in [4.78, 5) is 16.3. The van der Waals surface area contributed by atoms with Crippen molar-refractivity contribution in [1.29, 1.82) is 0 Å². The van der Waals surface area contributed by atoms with Crippen LogP contribution in [-0.2, 0) is 4.74 Å². The lowest BCUT2D eigenvalue weighted by Crippen LogP contribution is -2.50. The molecule has 1 saturated carbocycles. The van der Waals surface area contributed by atoms with E-state index in [-0.39, 0.29) is 12.1 Å². The van der Waals surface area contributed by atoms with E-state index in [4.69, 9.17) is 4.74 Å². The average Bonchev–Trinajstić information content (AvgIpc) is 3.23. The van der Waals surface area contributed by atoms with E-state index in [2.05, 4.69) is 10.2 Å². The van der Waals surface area contributed by atoms with Crippen LogP contribution in [0.3, 0.4) is 0 Å². The summed E-state index contributed by atoms with van der Waals surface area (Å²) < 4.78 is 5.40. The summed E-state index contributed by atoms with van der Waals surface area (Å²) >= 11 is 0. The van der Waals surface area contributed by atoms with Crippen LogP contribution in [0, 0.1) is 0 Å². The predicted molar refractivity (Wildman–Crippen MR) is 88.4 cm³/mol. The minimum Gasteiger partial charge on any atom is -0.444 e. The van der Waals surface area contributed by atoms with Crippen LogP contribution in [0.2, 0.25) is 0 Å². The molecule has 6 heteroatoms. The van der Waals surface area contributed by atoms with Gasteiger partial charge in [-0.05, 0) is 59.5 Å². The number of β-amino-alcohol motifs (C(OH)–C–C–N with tert-alkyl or cyclic N) is 1. The molecule has 3 aliphatic rings. The van der Waals surface area contributed by atoms with Crippen LogP contribution >= 0.6 is 0 Å². The SMILES string of the molecule is CC(C)(C)OC(=O)N1C[C@@H](O)[C@H](NC2CCN(C3CC3)CC2)C1. The van der Waals surface area contributed by atoms with Crippen molar-refractivity contribution < 1.29 is 14.6 Å². The zero-order valence-electron chi connectivity index (χ0n) is 14.6. The second-order valence-electron chi connectivity index (χ2n) is 8.27. The first kappa shape index (κ1) is 17.0. The molecule has 2 N–H and O–H groups in total. The number of hydrogen-bond acceptors (Lipinski definition) is 5. The number of nitrogens with zero attached hydrogens (tertiary/aromatic N) is 2. The first-order valence-corrected chi connectivity index (χ1v) is 8.98. The zero-order valence-corrected chi connectivity index (χ0v) is 14.6. The Kier molecular flexibility index (Phi) is 4.85. The molecule has 0 unspecified atom stereocenters. The van der Waals surface area contributed by atoms with E-state index in [1.54, 1.807) is 4.90 Å². The van der Waals surface area contributed by atoms with Crippen molar-refractivity contribution in [3.8, 4) is 0 Å². The largest absolute Gasteiger partial charge is 0.444 e. The maximum atomic E-state index is 12.1. The standard InChI is InChI=1S/C17H31N3O3/c1-17(2,3)23-16(22)20-10-14(15(21)11-20)18-12-6-8-19(9-7-12)13-4-5-13/h12-15,18,21H,4-11H2,1-3H3/t14-,15-/m1/s1. The second-order valence-corrected chi connectivity index (χ2v) is 8.27. The predicted octanol–water partition coefficient (Wildman–Crippen LogP) is 1.18. The Morgan fingerprint density at radius 2 is 1.78 bits per heavy atom. The number of nitrogens with one attached hydrogen (secondary N) is 1. The molecule has 132 valence electrons. The van der Waals surface area contributed by atoms with Crippen LogP contribution in [-0.4, -0.2) is 77.0 Å². The molecular formula is C17H31N3O3. The Balaban J connectivity index is 1.44. The Morgan fingerprint density at radius 3 is 2.35 bits per heavy atom.